The van der Waals surface area contributed by atoms with E-state index in [2.05, 4.69) is 59.7 Å². The third kappa shape index (κ3) is 2.68. The van der Waals surface area contributed by atoms with Gasteiger partial charge >= 0.3 is 0 Å². The van der Waals surface area contributed by atoms with Crippen molar-refractivity contribution in [3.63, 3.8) is 0 Å². The van der Waals surface area contributed by atoms with Crippen LogP contribution in [0, 0.1) is 17.8 Å². The highest BCUT2D eigenvalue weighted by Crippen LogP contribution is 2.63. The molecule has 3 heteroatoms. The molecule has 5 rings (SSSR count). The first-order valence-corrected chi connectivity index (χ1v) is 10.1. The Balaban J connectivity index is 1.54. The summed E-state index contributed by atoms with van der Waals surface area (Å²) in [5.41, 5.74) is 4.71. The maximum absolute atomic E-state index is 12.4. The smallest absolute Gasteiger partial charge is 0.251 e. The minimum atomic E-state index is -0.0115. The van der Waals surface area contributed by atoms with Crippen LogP contribution in [0.25, 0.3) is 0 Å². The maximum atomic E-state index is 12.4. The van der Waals surface area contributed by atoms with E-state index in [1.807, 2.05) is 6.07 Å². The van der Waals surface area contributed by atoms with Gasteiger partial charge in [-0.3, -0.25) is 4.79 Å². The summed E-state index contributed by atoms with van der Waals surface area (Å²) in [5.74, 6) is 2.74. The molecule has 2 fully saturated rings. The summed E-state index contributed by atoms with van der Waals surface area (Å²) in [5, 5.41) is 6.74. The second kappa shape index (κ2) is 6.56. The van der Waals surface area contributed by atoms with Gasteiger partial charge in [0.15, 0.2) is 0 Å². The molecule has 2 saturated carbocycles. The van der Waals surface area contributed by atoms with Crippen LogP contribution in [0.3, 0.4) is 0 Å². The Morgan fingerprint density at radius 3 is 2.78 bits per heavy atom. The lowest BCUT2D eigenvalue weighted by Crippen LogP contribution is -2.35. The fraction of sp³-hybridized carbons (Fsp3) is 0.375. The lowest BCUT2D eigenvalue weighted by atomic mass is 9.68. The van der Waals surface area contributed by atoms with E-state index in [9.17, 15) is 4.79 Å². The number of anilines is 1. The summed E-state index contributed by atoms with van der Waals surface area (Å²) in [6, 6.07) is 17.4. The Bertz CT molecular complexity index is 875. The molecular formula is C24H26N2O. The average molecular weight is 358 g/mol. The number of fused-ring (bicyclic) bond motifs is 7. The Morgan fingerprint density at radius 2 is 1.96 bits per heavy atom. The predicted octanol–water partition coefficient (Wildman–Crippen LogP) is 4.90. The summed E-state index contributed by atoms with van der Waals surface area (Å²) < 4.78 is 0. The van der Waals surface area contributed by atoms with Crippen LogP contribution >= 0.6 is 0 Å². The SMILES string of the molecule is C=CCNC(=O)c1ccc2c(c1)C1C3CCC(C3)C1C(c1ccccc1)N2. The standard InChI is InChI=1S/C24H26N2O/c1-2-12-25-24(27)18-10-11-20-19(14-18)21-16-8-9-17(13-16)22(21)23(26-20)15-6-4-3-5-7-15/h2-7,10-11,14,16-17,21-23,26H,1,8-9,12-13H2,(H,25,27). The largest absolute Gasteiger partial charge is 0.378 e. The zero-order chi connectivity index (χ0) is 18.4. The van der Waals surface area contributed by atoms with Gasteiger partial charge in [0.2, 0.25) is 0 Å². The molecular weight excluding hydrogens is 332 g/mol. The monoisotopic (exact) mass is 358 g/mol. The van der Waals surface area contributed by atoms with Crippen molar-refractivity contribution in [1.29, 1.82) is 0 Å². The molecule has 0 aromatic heterocycles. The van der Waals surface area contributed by atoms with Gasteiger partial charge in [-0.05, 0) is 72.3 Å². The molecule has 1 amide bonds. The second-order valence-corrected chi connectivity index (χ2v) is 8.27. The minimum Gasteiger partial charge on any atom is -0.378 e. The fourth-order valence-electron chi connectivity index (χ4n) is 5.88. The van der Waals surface area contributed by atoms with Crippen molar-refractivity contribution in [2.75, 3.05) is 11.9 Å². The molecule has 2 N–H and O–H groups in total. The molecule has 138 valence electrons. The van der Waals surface area contributed by atoms with Gasteiger partial charge in [0.05, 0.1) is 6.04 Å². The van der Waals surface area contributed by atoms with Gasteiger partial charge in [0, 0.05) is 17.8 Å². The van der Waals surface area contributed by atoms with Crippen molar-refractivity contribution < 1.29 is 4.79 Å². The molecule has 2 aliphatic carbocycles. The van der Waals surface area contributed by atoms with Crippen LogP contribution in [0.5, 0.6) is 0 Å². The summed E-state index contributed by atoms with van der Waals surface area (Å²) in [6.45, 7) is 4.18. The van der Waals surface area contributed by atoms with Crippen molar-refractivity contribution in [3.05, 3.63) is 77.9 Å². The van der Waals surface area contributed by atoms with Crippen LogP contribution in [0.1, 0.15) is 52.7 Å². The third-order valence-electron chi connectivity index (χ3n) is 6.92. The first-order valence-electron chi connectivity index (χ1n) is 10.1. The Kier molecular flexibility index (Phi) is 4.04. The highest BCUT2D eigenvalue weighted by atomic mass is 16.1. The number of benzene rings is 2. The highest BCUT2D eigenvalue weighted by Gasteiger charge is 2.53. The minimum absolute atomic E-state index is 0.0115. The number of hydrogen-bond acceptors (Lipinski definition) is 2. The van der Waals surface area contributed by atoms with Crippen molar-refractivity contribution >= 4 is 11.6 Å². The fourth-order valence-corrected chi connectivity index (χ4v) is 5.88. The van der Waals surface area contributed by atoms with E-state index in [-0.39, 0.29) is 5.91 Å². The molecule has 5 atom stereocenters. The molecule has 1 aliphatic heterocycles. The molecule has 2 bridgehead atoms. The van der Waals surface area contributed by atoms with Gasteiger partial charge < -0.3 is 10.6 Å². The first kappa shape index (κ1) is 16.6. The zero-order valence-electron chi connectivity index (χ0n) is 15.5. The average Bonchev–Trinajstić information content (AvgIpc) is 3.34. The van der Waals surface area contributed by atoms with Gasteiger partial charge in [0.25, 0.3) is 5.91 Å². The van der Waals surface area contributed by atoms with Crippen molar-refractivity contribution in [2.24, 2.45) is 17.8 Å². The van der Waals surface area contributed by atoms with E-state index in [4.69, 9.17) is 0 Å². The molecule has 1 heterocycles. The number of amides is 1. The normalized spacial score (nSPS) is 30.1. The van der Waals surface area contributed by atoms with Crippen molar-refractivity contribution in [3.8, 4) is 0 Å². The summed E-state index contributed by atoms with van der Waals surface area (Å²) in [4.78, 5) is 12.4. The number of hydrogen-bond donors (Lipinski definition) is 2. The van der Waals surface area contributed by atoms with Gasteiger partial charge in [-0.25, -0.2) is 0 Å². The van der Waals surface area contributed by atoms with Crippen LogP contribution in [-0.2, 0) is 0 Å². The topological polar surface area (TPSA) is 41.1 Å². The Hall–Kier alpha value is -2.55. The van der Waals surface area contributed by atoms with Gasteiger partial charge in [-0.1, -0.05) is 36.4 Å². The van der Waals surface area contributed by atoms with Crippen LogP contribution < -0.4 is 10.6 Å². The lowest BCUT2D eigenvalue weighted by Gasteiger charge is -2.43. The van der Waals surface area contributed by atoms with Gasteiger partial charge in [0.1, 0.15) is 0 Å². The number of nitrogens with one attached hydrogen (secondary N) is 2. The van der Waals surface area contributed by atoms with Crippen LogP contribution in [0.2, 0.25) is 0 Å². The van der Waals surface area contributed by atoms with E-state index in [0.29, 0.717) is 24.4 Å². The van der Waals surface area contributed by atoms with Crippen LogP contribution in [-0.4, -0.2) is 12.5 Å². The predicted molar refractivity (Wildman–Crippen MR) is 109 cm³/mol. The molecule has 2 aromatic carbocycles. The molecule has 3 nitrogen and oxygen atoms in total. The zero-order valence-corrected chi connectivity index (χ0v) is 15.5. The Labute approximate surface area is 160 Å². The summed E-state index contributed by atoms with van der Waals surface area (Å²) in [6.07, 6.45) is 5.74. The quantitative estimate of drug-likeness (QED) is 0.763. The van der Waals surface area contributed by atoms with Crippen molar-refractivity contribution in [2.45, 2.75) is 31.2 Å². The molecule has 0 radical (unpaired) electrons. The number of carbonyl (C=O) groups is 1. The molecule has 3 aliphatic rings. The highest BCUT2D eigenvalue weighted by molar-refractivity contribution is 5.95. The number of rotatable bonds is 4. The third-order valence-corrected chi connectivity index (χ3v) is 6.92. The maximum Gasteiger partial charge on any atom is 0.251 e. The molecule has 5 unspecified atom stereocenters. The number of carbonyl (C=O) groups excluding carboxylic acids is 1. The van der Waals surface area contributed by atoms with Crippen LogP contribution in [0.15, 0.2) is 61.2 Å². The van der Waals surface area contributed by atoms with E-state index in [1.54, 1.807) is 6.08 Å². The summed E-state index contributed by atoms with van der Waals surface area (Å²) in [7, 11) is 0. The first-order chi connectivity index (χ1) is 13.3. The van der Waals surface area contributed by atoms with Crippen LogP contribution in [0.4, 0.5) is 5.69 Å². The summed E-state index contributed by atoms with van der Waals surface area (Å²) >= 11 is 0. The molecule has 27 heavy (non-hydrogen) atoms. The molecule has 2 aromatic rings. The molecule has 0 saturated heterocycles. The van der Waals surface area contributed by atoms with E-state index in [0.717, 1.165) is 17.4 Å². The van der Waals surface area contributed by atoms with Gasteiger partial charge in [-0.2, -0.15) is 0 Å². The van der Waals surface area contributed by atoms with E-state index >= 15 is 0 Å². The second-order valence-electron chi connectivity index (χ2n) is 8.27. The van der Waals surface area contributed by atoms with E-state index < -0.39 is 0 Å². The lowest BCUT2D eigenvalue weighted by molar-refractivity contribution is 0.0957. The van der Waals surface area contributed by atoms with Crippen molar-refractivity contribution in [1.82, 2.24) is 5.32 Å². The van der Waals surface area contributed by atoms with E-state index in [1.165, 1.54) is 36.1 Å². The Morgan fingerprint density at radius 1 is 1.15 bits per heavy atom. The van der Waals surface area contributed by atoms with Gasteiger partial charge in [-0.15, -0.1) is 6.58 Å². The molecule has 0 spiro atoms.